The first-order valence-electron chi connectivity index (χ1n) is 8.17. The molecule has 0 unspecified atom stereocenters. The van der Waals surface area contributed by atoms with Gasteiger partial charge in [0.15, 0.2) is 0 Å². The number of esters is 1. The van der Waals surface area contributed by atoms with E-state index in [9.17, 15) is 14.7 Å². The normalized spacial score (nSPS) is 11.6. The average Bonchev–Trinajstić information content (AvgIpc) is 2.54. The first-order chi connectivity index (χ1) is 11.8. The summed E-state index contributed by atoms with van der Waals surface area (Å²) in [6.45, 7) is 8.23. The van der Waals surface area contributed by atoms with Crippen LogP contribution < -0.4 is 4.74 Å². The molecule has 0 saturated carbocycles. The Morgan fingerprint density at radius 2 is 1.76 bits per heavy atom. The average molecular weight is 346 g/mol. The van der Waals surface area contributed by atoms with Crippen molar-refractivity contribution < 1.29 is 24.2 Å². The van der Waals surface area contributed by atoms with Crippen molar-refractivity contribution in [2.75, 3.05) is 13.7 Å². The fraction of sp³-hybridized carbons (Fsp3) is 0.400. The van der Waals surface area contributed by atoms with E-state index in [0.29, 0.717) is 17.9 Å². The van der Waals surface area contributed by atoms with E-state index in [-0.39, 0.29) is 23.5 Å². The second kappa shape index (κ2) is 9.67. The Bertz CT molecular complexity index is 662. The summed E-state index contributed by atoms with van der Waals surface area (Å²) in [5.74, 6) is -1.03. The van der Waals surface area contributed by atoms with E-state index in [2.05, 4.69) is 0 Å². The van der Waals surface area contributed by atoms with E-state index in [4.69, 9.17) is 9.47 Å². The van der Waals surface area contributed by atoms with Crippen molar-refractivity contribution in [2.24, 2.45) is 5.92 Å². The second-order valence-corrected chi connectivity index (χ2v) is 6.37. The highest BCUT2D eigenvalue weighted by atomic mass is 16.5. The van der Waals surface area contributed by atoms with E-state index in [1.807, 2.05) is 33.8 Å². The molecular formula is C20H26O5. The summed E-state index contributed by atoms with van der Waals surface area (Å²) in [6.07, 6.45) is 2.23. The van der Waals surface area contributed by atoms with Crippen LogP contribution in [0, 0.1) is 5.92 Å². The SMILES string of the molecule is COC(=O)/C(=C(/CC(C)C)C(=O)O)c1ccc(OCC=C(C)C)cc1. The molecule has 0 atom stereocenters. The lowest BCUT2D eigenvalue weighted by Gasteiger charge is -2.13. The molecule has 5 heteroatoms. The molecule has 0 fully saturated rings. The molecule has 136 valence electrons. The van der Waals surface area contributed by atoms with Gasteiger partial charge in [-0.15, -0.1) is 0 Å². The standard InChI is InChI=1S/C20H26O5/c1-13(2)10-11-25-16-8-6-15(7-9-16)18(20(23)24-5)17(19(21)22)12-14(3)4/h6-10,14H,11-12H2,1-5H3,(H,21,22)/b18-17-. The van der Waals surface area contributed by atoms with Crippen molar-refractivity contribution in [1.29, 1.82) is 0 Å². The highest BCUT2D eigenvalue weighted by Gasteiger charge is 2.23. The number of hydrogen-bond donors (Lipinski definition) is 1. The third-order valence-corrected chi connectivity index (χ3v) is 3.45. The maximum Gasteiger partial charge on any atom is 0.339 e. The minimum atomic E-state index is -1.11. The minimum Gasteiger partial charge on any atom is -0.490 e. The summed E-state index contributed by atoms with van der Waals surface area (Å²) < 4.78 is 10.4. The number of carbonyl (C=O) groups excluding carboxylic acids is 1. The van der Waals surface area contributed by atoms with Gasteiger partial charge in [-0.1, -0.05) is 31.6 Å². The van der Waals surface area contributed by atoms with E-state index < -0.39 is 11.9 Å². The predicted molar refractivity (Wildman–Crippen MR) is 97.4 cm³/mol. The van der Waals surface area contributed by atoms with Crippen LogP contribution >= 0.6 is 0 Å². The predicted octanol–water partition coefficient (Wildman–Crippen LogP) is 4.09. The molecular weight excluding hydrogens is 320 g/mol. The van der Waals surface area contributed by atoms with E-state index >= 15 is 0 Å². The van der Waals surface area contributed by atoms with Crippen molar-refractivity contribution >= 4 is 17.5 Å². The number of ether oxygens (including phenoxy) is 2. The van der Waals surface area contributed by atoms with Crippen LogP contribution in [0.1, 0.15) is 39.7 Å². The molecule has 0 amide bonds. The zero-order valence-corrected chi connectivity index (χ0v) is 15.5. The fourth-order valence-electron chi connectivity index (χ4n) is 2.24. The second-order valence-electron chi connectivity index (χ2n) is 6.37. The zero-order chi connectivity index (χ0) is 19.0. The number of benzene rings is 1. The largest absolute Gasteiger partial charge is 0.490 e. The Labute approximate surface area is 149 Å². The van der Waals surface area contributed by atoms with Gasteiger partial charge in [0.05, 0.1) is 18.3 Å². The molecule has 0 spiro atoms. The van der Waals surface area contributed by atoms with Crippen LogP contribution in [0.25, 0.3) is 5.57 Å². The fourth-order valence-corrected chi connectivity index (χ4v) is 2.24. The van der Waals surface area contributed by atoms with Gasteiger partial charge in [-0.25, -0.2) is 9.59 Å². The number of methoxy groups -OCH3 is 1. The van der Waals surface area contributed by atoms with Crippen LogP contribution in [-0.4, -0.2) is 30.8 Å². The van der Waals surface area contributed by atoms with Gasteiger partial charge >= 0.3 is 11.9 Å². The number of aliphatic carboxylic acids is 1. The summed E-state index contributed by atoms with van der Waals surface area (Å²) in [4.78, 5) is 23.8. The Morgan fingerprint density at radius 1 is 1.16 bits per heavy atom. The molecule has 0 radical (unpaired) electrons. The molecule has 25 heavy (non-hydrogen) atoms. The van der Waals surface area contributed by atoms with Gasteiger partial charge in [-0.2, -0.15) is 0 Å². The Balaban J connectivity index is 3.21. The van der Waals surface area contributed by atoms with Gasteiger partial charge in [-0.05, 0) is 50.0 Å². The molecule has 1 aromatic carbocycles. The Hall–Kier alpha value is -2.56. The third kappa shape index (κ3) is 6.45. The molecule has 0 aliphatic rings. The van der Waals surface area contributed by atoms with Crippen molar-refractivity contribution in [1.82, 2.24) is 0 Å². The highest BCUT2D eigenvalue weighted by molar-refractivity contribution is 6.22. The number of carboxylic acid groups (broad SMARTS) is 1. The van der Waals surface area contributed by atoms with Crippen LogP contribution in [0.5, 0.6) is 5.75 Å². The Kier molecular flexibility index (Phi) is 7.92. The van der Waals surface area contributed by atoms with E-state index in [1.165, 1.54) is 7.11 Å². The lowest BCUT2D eigenvalue weighted by molar-refractivity contribution is -0.136. The smallest absolute Gasteiger partial charge is 0.339 e. The van der Waals surface area contributed by atoms with Crippen LogP contribution in [0.4, 0.5) is 0 Å². The van der Waals surface area contributed by atoms with Crippen LogP contribution in [0.3, 0.4) is 0 Å². The number of carboxylic acids is 1. The van der Waals surface area contributed by atoms with E-state index in [1.54, 1.807) is 24.3 Å². The highest BCUT2D eigenvalue weighted by Crippen LogP contribution is 2.27. The number of rotatable bonds is 8. The summed E-state index contributed by atoms with van der Waals surface area (Å²) in [5.41, 5.74) is 1.80. The quantitative estimate of drug-likeness (QED) is 0.436. The first kappa shape index (κ1) is 20.5. The number of hydrogen-bond acceptors (Lipinski definition) is 4. The molecule has 0 saturated heterocycles. The van der Waals surface area contributed by atoms with Crippen LogP contribution in [0.2, 0.25) is 0 Å². The Morgan fingerprint density at radius 3 is 2.20 bits per heavy atom. The van der Waals surface area contributed by atoms with Gasteiger partial charge in [0.2, 0.25) is 0 Å². The molecule has 5 nitrogen and oxygen atoms in total. The van der Waals surface area contributed by atoms with Gasteiger partial charge in [0.25, 0.3) is 0 Å². The molecule has 0 aliphatic carbocycles. The number of carbonyl (C=O) groups is 2. The molecule has 0 aromatic heterocycles. The van der Waals surface area contributed by atoms with Crippen LogP contribution in [0.15, 0.2) is 41.5 Å². The van der Waals surface area contributed by atoms with Crippen molar-refractivity contribution in [3.05, 3.63) is 47.1 Å². The molecule has 0 heterocycles. The summed E-state index contributed by atoms with van der Waals surface area (Å²) in [7, 11) is 1.24. The molecule has 1 aromatic rings. The molecule has 1 rings (SSSR count). The van der Waals surface area contributed by atoms with Gasteiger partial charge in [0.1, 0.15) is 12.4 Å². The minimum absolute atomic E-state index is 0.0556. The van der Waals surface area contributed by atoms with Crippen LogP contribution in [-0.2, 0) is 14.3 Å². The van der Waals surface area contributed by atoms with Crippen molar-refractivity contribution in [3.63, 3.8) is 0 Å². The summed E-state index contributed by atoms with van der Waals surface area (Å²) in [6, 6.07) is 6.78. The lowest BCUT2D eigenvalue weighted by atomic mass is 9.93. The maximum atomic E-state index is 12.2. The van der Waals surface area contributed by atoms with Gasteiger partial charge in [-0.3, -0.25) is 0 Å². The maximum absolute atomic E-state index is 12.2. The summed E-state index contributed by atoms with van der Waals surface area (Å²) in [5, 5.41) is 9.52. The topological polar surface area (TPSA) is 72.8 Å². The third-order valence-electron chi connectivity index (χ3n) is 3.45. The zero-order valence-electron chi connectivity index (χ0n) is 15.5. The van der Waals surface area contributed by atoms with E-state index in [0.717, 1.165) is 5.57 Å². The molecule has 1 N–H and O–H groups in total. The van der Waals surface area contributed by atoms with Crippen molar-refractivity contribution in [2.45, 2.75) is 34.1 Å². The lowest BCUT2D eigenvalue weighted by Crippen LogP contribution is -2.14. The number of allylic oxidation sites excluding steroid dienone is 1. The van der Waals surface area contributed by atoms with Crippen molar-refractivity contribution in [3.8, 4) is 5.75 Å². The molecule has 0 aliphatic heterocycles. The monoisotopic (exact) mass is 346 g/mol. The summed E-state index contributed by atoms with van der Waals surface area (Å²) >= 11 is 0. The van der Waals surface area contributed by atoms with Gasteiger partial charge in [0, 0.05) is 0 Å². The molecule has 0 bridgehead atoms. The van der Waals surface area contributed by atoms with Gasteiger partial charge < -0.3 is 14.6 Å². The first-order valence-corrected chi connectivity index (χ1v) is 8.17.